The van der Waals surface area contributed by atoms with Gasteiger partial charge in [-0.15, -0.1) is 0 Å². The molecule has 9 heavy (non-hydrogen) atoms. The van der Waals surface area contributed by atoms with Crippen LogP contribution in [0.4, 0.5) is 0 Å². The van der Waals surface area contributed by atoms with Gasteiger partial charge in [-0.3, -0.25) is 4.21 Å². The van der Waals surface area contributed by atoms with Crippen molar-refractivity contribution in [2.75, 3.05) is 13.1 Å². The highest BCUT2D eigenvalue weighted by Crippen LogP contribution is 2.28. The molecule has 1 rings (SSSR count). The van der Waals surface area contributed by atoms with Crippen LogP contribution in [0.15, 0.2) is 0 Å². The molecule has 54 valence electrons. The summed E-state index contributed by atoms with van der Waals surface area (Å²) in [5.41, 5.74) is 0.208. The van der Waals surface area contributed by atoms with E-state index in [1.54, 1.807) is 0 Å². The van der Waals surface area contributed by atoms with Crippen molar-refractivity contribution < 1.29 is 8.76 Å². The first-order chi connectivity index (χ1) is 4.01. The second-order valence-electron chi connectivity index (χ2n) is 3.18. The minimum absolute atomic E-state index is 0.208. The summed E-state index contributed by atoms with van der Waals surface area (Å²) in [5, 5.41) is 0. The first-order valence-corrected chi connectivity index (χ1v) is 3.89. The summed E-state index contributed by atoms with van der Waals surface area (Å²) in [6.07, 6.45) is 0. The van der Waals surface area contributed by atoms with Crippen LogP contribution in [-0.4, -0.2) is 26.2 Å². The molecule has 1 aliphatic heterocycles. The zero-order chi connectivity index (χ0) is 7.07. The van der Waals surface area contributed by atoms with Gasteiger partial charge in [0.05, 0.1) is 0 Å². The first kappa shape index (κ1) is 7.18. The van der Waals surface area contributed by atoms with Crippen molar-refractivity contribution in [2.45, 2.75) is 13.8 Å². The van der Waals surface area contributed by atoms with Crippen LogP contribution in [0.1, 0.15) is 13.8 Å². The SMILES string of the molecule is CC1(C)CN(S(=O)[O-])C1. The number of hydrogen-bond donors (Lipinski definition) is 0. The van der Waals surface area contributed by atoms with E-state index in [2.05, 4.69) is 13.8 Å². The first-order valence-electron chi connectivity index (χ1n) is 2.86. The maximum absolute atomic E-state index is 10.2. The topological polar surface area (TPSA) is 43.4 Å². The maximum Gasteiger partial charge on any atom is 0.0209 e. The lowest BCUT2D eigenvalue weighted by Crippen LogP contribution is -2.53. The van der Waals surface area contributed by atoms with Crippen LogP contribution >= 0.6 is 0 Å². The second-order valence-corrected chi connectivity index (χ2v) is 4.13. The molecule has 0 aromatic heterocycles. The van der Waals surface area contributed by atoms with Crippen molar-refractivity contribution in [3.05, 3.63) is 0 Å². The van der Waals surface area contributed by atoms with E-state index in [0.717, 1.165) is 0 Å². The highest BCUT2D eigenvalue weighted by molar-refractivity contribution is 7.76. The molecule has 1 saturated heterocycles. The smallest absolute Gasteiger partial charge is 0.0209 e. The average molecular weight is 148 g/mol. The fourth-order valence-corrected chi connectivity index (χ4v) is 1.92. The van der Waals surface area contributed by atoms with Crippen molar-refractivity contribution >= 4 is 11.3 Å². The molecule has 1 heterocycles. The van der Waals surface area contributed by atoms with Crippen LogP contribution in [0.25, 0.3) is 0 Å². The lowest BCUT2D eigenvalue weighted by molar-refractivity contribution is 0.108. The van der Waals surface area contributed by atoms with E-state index in [0.29, 0.717) is 13.1 Å². The Kier molecular flexibility index (Phi) is 1.63. The Morgan fingerprint density at radius 3 is 2.11 bits per heavy atom. The summed E-state index contributed by atoms with van der Waals surface area (Å²) < 4.78 is 21.8. The van der Waals surface area contributed by atoms with Crippen molar-refractivity contribution in [3.8, 4) is 0 Å². The molecule has 3 nitrogen and oxygen atoms in total. The Balaban J connectivity index is 2.35. The van der Waals surface area contributed by atoms with Gasteiger partial charge in [-0.25, -0.2) is 4.31 Å². The monoisotopic (exact) mass is 148 g/mol. The molecule has 0 aromatic rings. The molecule has 4 heteroatoms. The Hall–Kier alpha value is 0.0700. The molecule has 1 aliphatic rings. The van der Waals surface area contributed by atoms with Crippen molar-refractivity contribution in [1.29, 1.82) is 0 Å². The van der Waals surface area contributed by atoms with Crippen LogP contribution < -0.4 is 0 Å². The summed E-state index contributed by atoms with van der Waals surface area (Å²) in [7, 11) is 0. The van der Waals surface area contributed by atoms with Gasteiger partial charge in [0.15, 0.2) is 0 Å². The number of nitrogens with zero attached hydrogens (tertiary/aromatic N) is 1. The van der Waals surface area contributed by atoms with Gasteiger partial charge in [-0.2, -0.15) is 0 Å². The third-order valence-corrected chi connectivity index (χ3v) is 2.10. The van der Waals surface area contributed by atoms with Crippen molar-refractivity contribution in [2.24, 2.45) is 5.41 Å². The zero-order valence-electron chi connectivity index (χ0n) is 5.59. The highest BCUT2D eigenvalue weighted by Gasteiger charge is 2.34. The third kappa shape index (κ3) is 1.50. The van der Waals surface area contributed by atoms with E-state index in [-0.39, 0.29) is 5.41 Å². The predicted molar refractivity (Wildman–Crippen MR) is 34.3 cm³/mol. The quantitative estimate of drug-likeness (QED) is 0.496. The van der Waals surface area contributed by atoms with Gasteiger partial charge < -0.3 is 4.55 Å². The van der Waals surface area contributed by atoms with Crippen LogP contribution in [0.3, 0.4) is 0 Å². The molecule has 1 unspecified atom stereocenters. The molecule has 0 aliphatic carbocycles. The Labute approximate surface area is 57.5 Å². The van der Waals surface area contributed by atoms with E-state index in [1.807, 2.05) is 0 Å². The summed E-state index contributed by atoms with van der Waals surface area (Å²) in [6, 6.07) is 0. The van der Waals surface area contributed by atoms with Gasteiger partial charge in [-0.1, -0.05) is 13.8 Å². The van der Waals surface area contributed by atoms with E-state index >= 15 is 0 Å². The van der Waals surface area contributed by atoms with Crippen molar-refractivity contribution in [1.82, 2.24) is 4.31 Å². The van der Waals surface area contributed by atoms with Gasteiger partial charge in [0, 0.05) is 24.4 Å². The van der Waals surface area contributed by atoms with Gasteiger partial charge in [0.2, 0.25) is 0 Å². The van der Waals surface area contributed by atoms with Gasteiger partial charge in [-0.05, 0) is 5.41 Å². The largest absolute Gasteiger partial charge is 0.760 e. The lowest BCUT2D eigenvalue weighted by Gasteiger charge is -2.46. The summed E-state index contributed by atoms with van der Waals surface area (Å²) in [6.45, 7) is 5.44. The van der Waals surface area contributed by atoms with Crippen molar-refractivity contribution in [3.63, 3.8) is 0 Å². The minimum Gasteiger partial charge on any atom is -0.760 e. The fourth-order valence-electron chi connectivity index (χ4n) is 1.01. The molecule has 0 spiro atoms. The van der Waals surface area contributed by atoms with E-state index in [1.165, 1.54) is 4.31 Å². The molecule has 0 radical (unpaired) electrons. The fraction of sp³-hybridized carbons (Fsp3) is 1.00. The van der Waals surface area contributed by atoms with Gasteiger partial charge >= 0.3 is 0 Å². The Morgan fingerprint density at radius 1 is 1.56 bits per heavy atom. The normalized spacial score (nSPS) is 29.2. The molecule has 1 fully saturated rings. The van der Waals surface area contributed by atoms with Crippen LogP contribution in [0.2, 0.25) is 0 Å². The van der Waals surface area contributed by atoms with Gasteiger partial charge in [0.1, 0.15) is 0 Å². The van der Waals surface area contributed by atoms with E-state index in [4.69, 9.17) is 0 Å². The molecular formula is C5H10NO2S-. The highest BCUT2D eigenvalue weighted by atomic mass is 32.2. The maximum atomic E-state index is 10.2. The molecular weight excluding hydrogens is 138 g/mol. The van der Waals surface area contributed by atoms with Crippen LogP contribution in [0, 0.1) is 5.41 Å². The average Bonchev–Trinajstić information content (AvgIpc) is 1.59. The standard InChI is InChI=1S/C5H11NO2S/c1-5(2)3-6(4-5)9(7)8/h3-4H2,1-2H3,(H,7,8)/p-1. The number of rotatable bonds is 1. The Morgan fingerprint density at radius 2 is 2.00 bits per heavy atom. The minimum atomic E-state index is -1.99. The Bertz CT molecular complexity index is 138. The summed E-state index contributed by atoms with van der Waals surface area (Å²) in [5.74, 6) is 0. The zero-order valence-corrected chi connectivity index (χ0v) is 6.40. The van der Waals surface area contributed by atoms with Gasteiger partial charge in [0.25, 0.3) is 0 Å². The second kappa shape index (κ2) is 2.04. The van der Waals surface area contributed by atoms with Crippen LogP contribution in [0.5, 0.6) is 0 Å². The molecule has 0 N–H and O–H groups in total. The van der Waals surface area contributed by atoms with Crippen LogP contribution in [-0.2, 0) is 11.3 Å². The third-order valence-electron chi connectivity index (χ3n) is 1.42. The lowest BCUT2D eigenvalue weighted by atomic mass is 9.87. The van der Waals surface area contributed by atoms with E-state index in [9.17, 15) is 8.76 Å². The molecule has 0 aromatic carbocycles. The predicted octanol–water partition coefficient (Wildman–Crippen LogP) is 0.122. The molecule has 0 saturated carbocycles. The summed E-state index contributed by atoms with van der Waals surface area (Å²) in [4.78, 5) is 0. The molecule has 1 atom stereocenters. The molecule has 0 bridgehead atoms. The summed E-state index contributed by atoms with van der Waals surface area (Å²) >= 11 is -1.99. The molecule has 0 amide bonds. The van der Waals surface area contributed by atoms with E-state index < -0.39 is 11.3 Å². The number of hydrogen-bond acceptors (Lipinski definition) is 2.